The lowest BCUT2D eigenvalue weighted by atomic mass is 10.4. The molecule has 0 spiro atoms. The van der Waals surface area contributed by atoms with Crippen LogP contribution < -0.4 is 5.32 Å². The molecule has 0 bridgehead atoms. The molecule has 1 aromatic rings. The fourth-order valence-electron chi connectivity index (χ4n) is 0.773. The van der Waals surface area contributed by atoms with Crippen molar-refractivity contribution in [1.29, 1.82) is 0 Å². The number of nitrogens with zero attached hydrogens (tertiary/aromatic N) is 2. The number of rotatable bonds is 3. The van der Waals surface area contributed by atoms with E-state index < -0.39 is 17.4 Å². The fraction of sp³-hybridized carbons (Fsp3) is 0.143. The first kappa shape index (κ1) is 10.4. The standard InChI is InChI=1S/C7H6ClN3O3/c8-5-1-2-9-6(3-5)10-7(12)4-11(13)14/h1-3H,4H2,(H,9,10,12). The lowest BCUT2D eigenvalue weighted by molar-refractivity contribution is -0.467. The highest BCUT2D eigenvalue weighted by Gasteiger charge is 2.09. The number of amides is 1. The number of aromatic nitrogens is 1. The van der Waals surface area contributed by atoms with Crippen LogP contribution in [0.3, 0.4) is 0 Å². The average molecular weight is 216 g/mol. The molecular weight excluding hydrogens is 210 g/mol. The Balaban J connectivity index is 2.60. The van der Waals surface area contributed by atoms with Crippen LogP contribution >= 0.6 is 11.6 Å². The van der Waals surface area contributed by atoms with Crippen LogP contribution in [-0.2, 0) is 4.79 Å². The maximum Gasteiger partial charge on any atom is 0.297 e. The number of hydrogen-bond donors (Lipinski definition) is 1. The topological polar surface area (TPSA) is 85.1 Å². The van der Waals surface area contributed by atoms with Gasteiger partial charge in [-0.3, -0.25) is 14.9 Å². The summed E-state index contributed by atoms with van der Waals surface area (Å²) in [5.41, 5.74) is 0. The Morgan fingerprint density at radius 2 is 2.43 bits per heavy atom. The van der Waals surface area contributed by atoms with Gasteiger partial charge in [0.15, 0.2) is 0 Å². The molecule has 14 heavy (non-hydrogen) atoms. The third kappa shape index (κ3) is 3.36. The summed E-state index contributed by atoms with van der Waals surface area (Å²) in [7, 11) is 0. The quantitative estimate of drug-likeness (QED) is 0.601. The zero-order valence-electron chi connectivity index (χ0n) is 6.94. The number of anilines is 1. The largest absolute Gasteiger partial charge is 0.305 e. The Bertz CT molecular complexity index is 369. The molecule has 0 fully saturated rings. The summed E-state index contributed by atoms with van der Waals surface area (Å²) in [4.78, 5) is 23.9. The monoisotopic (exact) mass is 215 g/mol. The molecule has 0 saturated carbocycles. The van der Waals surface area contributed by atoms with Gasteiger partial charge in [0.25, 0.3) is 12.5 Å². The van der Waals surface area contributed by atoms with Crippen LogP contribution in [0.25, 0.3) is 0 Å². The number of carbonyl (C=O) groups is 1. The molecular formula is C7H6ClN3O3. The van der Waals surface area contributed by atoms with E-state index in [1.165, 1.54) is 18.3 Å². The van der Waals surface area contributed by atoms with Crippen LogP contribution in [0.15, 0.2) is 18.3 Å². The molecule has 1 aromatic heterocycles. The minimum Gasteiger partial charge on any atom is -0.305 e. The van der Waals surface area contributed by atoms with E-state index in [2.05, 4.69) is 10.3 Å². The molecule has 1 N–H and O–H groups in total. The van der Waals surface area contributed by atoms with Gasteiger partial charge in [0.1, 0.15) is 5.82 Å². The predicted molar refractivity (Wildman–Crippen MR) is 49.7 cm³/mol. The third-order valence-corrected chi connectivity index (χ3v) is 1.50. The number of pyridine rings is 1. The van der Waals surface area contributed by atoms with E-state index in [1.54, 1.807) is 0 Å². The van der Waals surface area contributed by atoms with Crippen molar-refractivity contribution in [2.45, 2.75) is 0 Å². The third-order valence-electron chi connectivity index (χ3n) is 1.26. The molecule has 0 aliphatic rings. The number of hydrogen-bond acceptors (Lipinski definition) is 4. The molecule has 0 radical (unpaired) electrons. The molecule has 0 saturated heterocycles. The van der Waals surface area contributed by atoms with Gasteiger partial charge >= 0.3 is 0 Å². The average Bonchev–Trinajstić information content (AvgIpc) is 2.01. The van der Waals surface area contributed by atoms with Gasteiger partial charge in [0, 0.05) is 16.1 Å². The van der Waals surface area contributed by atoms with Crippen LogP contribution in [0.1, 0.15) is 0 Å². The maximum absolute atomic E-state index is 10.9. The highest BCUT2D eigenvalue weighted by molar-refractivity contribution is 6.30. The first-order chi connectivity index (χ1) is 6.58. The molecule has 0 atom stereocenters. The maximum atomic E-state index is 10.9. The van der Waals surface area contributed by atoms with E-state index in [1.807, 2.05) is 0 Å². The zero-order valence-corrected chi connectivity index (χ0v) is 7.69. The second-order valence-electron chi connectivity index (χ2n) is 2.40. The van der Waals surface area contributed by atoms with Gasteiger partial charge in [0.2, 0.25) is 0 Å². The van der Waals surface area contributed by atoms with Gasteiger partial charge in [0.05, 0.1) is 0 Å². The molecule has 0 unspecified atom stereocenters. The number of carbonyl (C=O) groups excluding carboxylic acids is 1. The lowest BCUT2D eigenvalue weighted by Gasteiger charge is -2.00. The first-order valence-electron chi connectivity index (χ1n) is 3.61. The van der Waals surface area contributed by atoms with Gasteiger partial charge in [-0.1, -0.05) is 11.6 Å². The summed E-state index contributed by atoms with van der Waals surface area (Å²) >= 11 is 5.61. The van der Waals surface area contributed by atoms with Crippen LogP contribution in [0, 0.1) is 10.1 Å². The van der Waals surface area contributed by atoms with E-state index in [-0.39, 0.29) is 5.82 Å². The molecule has 0 aliphatic carbocycles. The lowest BCUT2D eigenvalue weighted by Crippen LogP contribution is -2.22. The van der Waals surface area contributed by atoms with Gasteiger partial charge in [-0.15, -0.1) is 0 Å². The van der Waals surface area contributed by atoms with Crippen LogP contribution in [0.2, 0.25) is 5.02 Å². The summed E-state index contributed by atoms with van der Waals surface area (Å²) in [5, 5.41) is 12.6. The Labute approximate surface area is 84.0 Å². The molecule has 0 aromatic carbocycles. The van der Waals surface area contributed by atoms with Gasteiger partial charge in [-0.2, -0.15) is 0 Å². The SMILES string of the molecule is O=C(C[N+](=O)[O-])Nc1cc(Cl)ccn1. The van der Waals surface area contributed by atoms with E-state index in [0.717, 1.165) is 0 Å². The van der Waals surface area contributed by atoms with Gasteiger partial charge in [-0.25, -0.2) is 4.98 Å². The zero-order chi connectivity index (χ0) is 10.6. The summed E-state index contributed by atoms with van der Waals surface area (Å²) < 4.78 is 0. The number of halogens is 1. The molecule has 1 rings (SSSR count). The summed E-state index contributed by atoms with van der Waals surface area (Å²) in [6, 6.07) is 2.93. The Morgan fingerprint density at radius 1 is 1.71 bits per heavy atom. The smallest absolute Gasteiger partial charge is 0.297 e. The van der Waals surface area contributed by atoms with E-state index in [0.29, 0.717) is 5.02 Å². The summed E-state index contributed by atoms with van der Waals surface area (Å²) in [5.74, 6) is -0.533. The van der Waals surface area contributed by atoms with Crippen LogP contribution in [0.4, 0.5) is 5.82 Å². The van der Waals surface area contributed by atoms with E-state index in [9.17, 15) is 14.9 Å². The van der Waals surface area contributed by atoms with E-state index in [4.69, 9.17) is 11.6 Å². The van der Waals surface area contributed by atoms with Gasteiger partial charge < -0.3 is 5.32 Å². The van der Waals surface area contributed by atoms with Crippen molar-refractivity contribution in [2.75, 3.05) is 11.9 Å². The Morgan fingerprint density at radius 3 is 3.00 bits per heavy atom. The highest BCUT2D eigenvalue weighted by atomic mass is 35.5. The van der Waals surface area contributed by atoms with E-state index >= 15 is 0 Å². The highest BCUT2D eigenvalue weighted by Crippen LogP contribution is 2.11. The summed E-state index contributed by atoms with van der Waals surface area (Å²) in [6.07, 6.45) is 1.39. The minimum absolute atomic E-state index is 0.198. The molecule has 1 heterocycles. The predicted octanol–water partition coefficient (Wildman–Crippen LogP) is 0.950. The van der Waals surface area contributed by atoms with Crippen molar-refractivity contribution >= 4 is 23.3 Å². The summed E-state index contributed by atoms with van der Waals surface area (Å²) in [6.45, 7) is -0.784. The van der Waals surface area contributed by atoms with Crippen LogP contribution in [-0.4, -0.2) is 22.4 Å². The molecule has 7 heteroatoms. The van der Waals surface area contributed by atoms with Crippen molar-refractivity contribution < 1.29 is 9.72 Å². The Kier molecular flexibility index (Phi) is 3.35. The van der Waals surface area contributed by atoms with Crippen molar-refractivity contribution in [2.24, 2.45) is 0 Å². The van der Waals surface area contributed by atoms with Crippen molar-refractivity contribution in [3.05, 3.63) is 33.5 Å². The number of nitro groups is 1. The van der Waals surface area contributed by atoms with Crippen molar-refractivity contribution in [3.63, 3.8) is 0 Å². The second kappa shape index (κ2) is 4.52. The number of nitrogens with one attached hydrogen (secondary N) is 1. The molecule has 6 nitrogen and oxygen atoms in total. The van der Waals surface area contributed by atoms with Crippen LogP contribution in [0.5, 0.6) is 0 Å². The van der Waals surface area contributed by atoms with Gasteiger partial charge in [-0.05, 0) is 12.1 Å². The van der Waals surface area contributed by atoms with Crippen molar-refractivity contribution in [3.8, 4) is 0 Å². The minimum atomic E-state index is -0.784. The molecule has 74 valence electrons. The normalized spacial score (nSPS) is 9.50. The second-order valence-corrected chi connectivity index (χ2v) is 2.83. The Hall–Kier alpha value is -1.69. The molecule has 0 aliphatic heterocycles. The first-order valence-corrected chi connectivity index (χ1v) is 3.99. The fourth-order valence-corrected chi connectivity index (χ4v) is 0.932. The molecule has 1 amide bonds. The van der Waals surface area contributed by atoms with Crippen molar-refractivity contribution in [1.82, 2.24) is 4.98 Å².